The van der Waals surface area contributed by atoms with E-state index in [0.29, 0.717) is 25.1 Å². The first-order chi connectivity index (χ1) is 13.6. The van der Waals surface area contributed by atoms with Gasteiger partial charge in [0.05, 0.1) is 12.5 Å². The maximum atomic E-state index is 12.4. The minimum Gasteiger partial charge on any atom is -0.383 e. The Labute approximate surface area is 168 Å². The van der Waals surface area contributed by atoms with Crippen molar-refractivity contribution in [2.24, 2.45) is 5.92 Å². The highest BCUT2D eigenvalue weighted by atomic mass is 16.5. The Bertz CT molecular complexity index is 631. The number of methoxy groups -OCH3 is 1. The molecule has 0 aromatic carbocycles. The van der Waals surface area contributed by atoms with Crippen LogP contribution in [0.3, 0.4) is 0 Å². The number of hydrogen-bond acceptors (Lipinski definition) is 6. The number of piperidine rings is 2. The van der Waals surface area contributed by atoms with Gasteiger partial charge in [-0.25, -0.2) is 9.97 Å². The van der Waals surface area contributed by atoms with Crippen LogP contribution in [0.15, 0.2) is 12.5 Å². The lowest BCUT2D eigenvalue weighted by Crippen LogP contribution is -2.51. The van der Waals surface area contributed by atoms with Crippen molar-refractivity contribution < 1.29 is 9.53 Å². The molecule has 0 bridgehead atoms. The number of carbonyl (C=O) groups is 1. The van der Waals surface area contributed by atoms with Gasteiger partial charge in [-0.3, -0.25) is 9.69 Å². The summed E-state index contributed by atoms with van der Waals surface area (Å²) >= 11 is 0. The third-order valence-electron chi connectivity index (χ3n) is 6.05. The van der Waals surface area contributed by atoms with Crippen molar-refractivity contribution in [3.8, 4) is 0 Å². The van der Waals surface area contributed by atoms with Gasteiger partial charge in [-0.05, 0) is 38.1 Å². The number of ether oxygens (including phenoxy) is 1. The lowest BCUT2D eigenvalue weighted by molar-refractivity contribution is -0.127. The van der Waals surface area contributed by atoms with Crippen LogP contribution < -0.4 is 10.2 Å². The molecule has 0 spiro atoms. The molecule has 0 saturated carbocycles. The zero-order chi connectivity index (χ0) is 19.9. The van der Waals surface area contributed by atoms with E-state index in [0.717, 1.165) is 57.7 Å². The van der Waals surface area contributed by atoms with Crippen LogP contribution in [0, 0.1) is 5.92 Å². The Hall–Kier alpha value is -1.73. The van der Waals surface area contributed by atoms with Gasteiger partial charge in [0.2, 0.25) is 5.91 Å². The Balaban J connectivity index is 1.53. The third-order valence-corrected chi connectivity index (χ3v) is 6.05. The minimum atomic E-state index is 0.109. The first-order valence-corrected chi connectivity index (χ1v) is 10.7. The molecule has 0 aliphatic carbocycles. The van der Waals surface area contributed by atoms with Gasteiger partial charge >= 0.3 is 0 Å². The summed E-state index contributed by atoms with van der Waals surface area (Å²) in [6.45, 7) is 9.58. The highest BCUT2D eigenvalue weighted by Crippen LogP contribution is 2.29. The minimum absolute atomic E-state index is 0.109. The van der Waals surface area contributed by atoms with Crippen LogP contribution in [0.1, 0.15) is 51.0 Å². The third kappa shape index (κ3) is 5.20. The second kappa shape index (κ2) is 10.2. The zero-order valence-corrected chi connectivity index (χ0v) is 17.6. The second-order valence-corrected chi connectivity index (χ2v) is 8.29. The van der Waals surface area contributed by atoms with E-state index in [1.165, 1.54) is 5.56 Å². The quantitative estimate of drug-likeness (QED) is 0.720. The van der Waals surface area contributed by atoms with Crippen LogP contribution in [0.25, 0.3) is 0 Å². The zero-order valence-electron chi connectivity index (χ0n) is 17.6. The van der Waals surface area contributed by atoms with E-state index in [1.807, 2.05) is 6.20 Å². The molecule has 1 N–H and O–H groups in total. The van der Waals surface area contributed by atoms with Gasteiger partial charge in [-0.1, -0.05) is 13.8 Å². The van der Waals surface area contributed by atoms with Gasteiger partial charge in [0, 0.05) is 51.1 Å². The number of nitrogens with one attached hydrogen (secondary N) is 1. The summed E-state index contributed by atoms with van der Waals surface area (Å²) in [4.78, 5) is 26.2. The fourth-order valence-corrected chi connectivity index (χ4v) is 4.42. The Kier molecular flexibility index (Phi) is 7.62. The van der Waals surface area contributed by atoms with E-state index >= 15 is 0 Å². The van der Waals surface area contributed by atoms with Crippen molar-refractivity contribution in [3.63, 3.8) is 0 Å². The summed E-state index contributed by atoms with van der Waals surface area (Å²) in [6, 6.07) is 0.565. The topological polar surface area (TPSA) is 70.6 Å². The number of aromatic nitrogens is 2. The fraction of sp³-hybridized carbons (Fsp3) is 0.762. The first kappa shape index (κ1) is 21.0. The lowest BCUT2D eigenvalue weighted by atomic mass is 9.93. The average molecular weight is 390 g/mol. The molecule has 0 unspecified atom stereocenters. The molecule has 3 heterocycles. The molecular formula is C21H35N5O2. The van der Waals surface area contributed by atoms with Gasteiger partial charge in [-0.2, -0.15) is 0 Å². The molecule has 7 heteroatoms. The standard InChI is InChI=1S/C21H35N5O2/c1-16(2)19-13-22-15-24-20(19)25-10-6-18(7-11-25)26-9-4-5-17(14-26)21(27)23-8-12-28-3/h13,15-18H,4-12,14H2,1-3H3,(H,23,27)/t17-/m1/s1. The molecule has 0 radical (unpaired) electrons. The van der Waals surface area contributed by atoms with Crippen LogP contribution in [-0.4, -0.2) is 73.3 Å². The van der Waals surface area contributed by atoms with E-state index in [1.54, 1.807) is 13.4 Å². The molecule has 1 aromatic rings. The Morgan fingerprint density at radius 3 is 2.79 bits per heavy atom. The van der Waals surface area contributed by atoms with Gasteiger partial charge in [0.25, 0.3) is 0 Å². The molecule has 7 nitrogen and oxygen atoms in total. The highest BCUT2D eigenvalue weighted by molar-refractivity contribution is 5.78. The Morgan fingerprint density at radius 2 is 2.07 bits per heavy atom. The van der Waals surface area contributed by atoms with Crippen LogP contribution >= 0.6 is 0 Å². The number of hydrogen-bond donors (Lipinski definition) is 1. The van der Waals surface area contributed by atoms with Gasteiger partial charge in [0.1, 0.15) is 12.1 Å². The number of nitrogens with zero attached hydrogens (tertiary/aromatic N) is 4. The van der Waals surface area contributed by atoms with Gasteiger partial charge in [-0.15, -0.1) is 0 Å². The van der Waals surface area contributed by atoms with Crippen molar-refractivity contribution in [2.75, 3.05) is 51.3 Å². The number of carbonyl (C=O) groups excluding carboxylic acids is 1. The molecule has 28 heavy (non-hydrogen) atoms. The summed E-state index contributed by atoms with van der Waals surface area (Å²) in [5, 5.41) is 3.01. The van der Waals surface area contributed by atoms with Crippen LogP contribution in [0.4, 0.5) is 5.82 Å². The largest absolute Gasteiger partial charge is 0.383 e. The number of amides is 1. The monoisotopic (exact) mass is 389 g/mol. The van der Waals surface area contributed by atoms with E-state index in [4.69, 9.17) is 4.74 Å². The number of likely N-dealkylation sites (tertiary alicyclic amines) is 1. The molecule has 1 aromatic heterocycles. The second-order valence-electron chi connectivity index (χ2n) is 8.29. The Morgan fingerprint density at radius 1 is 1.29 bits per heavy atom. The molecule has 2 fully saturated rings. The molecular weight excluding hydrogens is 354 g/mol. The van der Waals surface area contributed by atoms with Crippen molar-refractivity contribution in [3.05, 3.63) is 18.1 Å². The van der Waals surface area contributed by atoms with Crippen molar-refractivity contribution in [1.82, 2.24) is 20.2 Å². The van der Waals surface area contributed by atoms with Crippen molar-refractivity contribution in [2.45, 2.75) is 51.5 Å². The molecule has 156 valence electrons. The molecule has 2 saturated heterocycles. The van der Waals surface area contributed by atoms with E-state index in [9.17, 15) is 4.79 Å². The first-order valence-electron chi connectivity index (χ1n) is 10.7. The van der Waals surface area contributed by atoms with Gasteiger partial charge in [0.15, 0.2) is 0 Å². The molecule has 2 aliphatic rings. The van der Waals surface area contributed by atoms with E-state index in [2.05, 4.69) is 38.9 Å². The summed E-state index contributed by atoms with van der Waals surface area (Å²) in [5.41, 5.74) is 1.23. The molecule has 3 rings (SSSR count). The van der Waals surface area contributed by atoms with Crippen LogP contribution in [-0.2, 0) is 9.53 Å². The summed E-state index contributed by atoms with van der Waals surface area (Å²) in [5.74, 6) is 1.81. The maximum Gasteiger partial charge on any atom is 0.224 e. The molecule has 1 atom stereocenters. The van der Waals surface area contributed by atoms with Crippen LogP contribution in [0.2, 0.25) is 0 Å². The van der Waals surface area contributed by atoms with E-state index < -0.39 is 0 Å². The number of rotatable bonds is 7. The normalized spacial score (nSPS) is 21.9. The van der Waals surface area contributed by atoms with Crippen LogP contribution in [0.5, 0.6) is 0 Å². The smallest absolute Gasteiger partial charge is 0.224 e. The van der Waals surface area contributed by atoms with E-state index in [-0.39, 0.29) is 11.8 Å². The fourth-order valence-electron chi connectivity index (χ4n) is 4.42. The lowest BCUT2D eigenvalue weighted by Gasteiger charge is -2.42. The van der Waals surface area contributed by atoms with Crippen molar-refractivity contribution >= 4 is 11.7 Å². The van der Waals surface area contributed by atoms with Gasteiger partial charge < -0.3 is 15.0 Å². The summed E-state index contributed by atoms with van der Waals surface area (Å²) in [6.07, 6.45) is 7.96. The predicted octanol–water partition coefficient (Wildman–Crippen LogP) is 2.04. The summed E-state index contributed by atoms with van der Waals surface area (Å²) in [7, 11) is 1.66. The maximum absolute atomic E-state index is 12.4. The number of anilines is 1. The molecule has 2 aliphatic heterocycles. The van der Waals surface area contributed by atoms with Crippen molar-refractivity contribution in [1.29, 1.82) is 0 Å². The SMILES string of the molecule is COCCNC(=O)[C@@H]1CCCN(C2CCN(c3ncncc3C(C)C)CC2)C1. The predicted molar refractivity (Wildman–Crippen MR) is 111 cm³/mol. The summed E-state index contributed by atoms with van der Waals surface area (Å²) < 4.78 is 5.03. The average Bonchev–Trinajstić information content (AvgIpc) is 2.74. The molecule has 1 amide bonds. The highest BCUT2D eigenvalue weighted by Gasteiger charge is 2.32.